The second-order valence-electron chi connectivity index (χ2n) is 7.28. The van der Waals surface area contributed by atoms with Gasteiger partial charge in [0.15, 0.2) is 0 Å². The van der Waals surface area contributed by atoms with Crippen molar-refractivity contribution in [2.45, 2.75) is 45.6 Å². The van der Waals surface area contributed by atoms with E-state index in [1.807, 2.05) is 36.1 Å². The number of piperazine rings is 1. The van der Waals surface area contributed by atoms with Crippen LogP contribution in [0.2, 0.25) is 0 Å². The van der Waals surface area contributed by atoms with Gasteiger partial charge in [-0.05, 0) is 41.7 Å². The van der Waals surface area contributed by atoms with Gasteiger partial charge in [-0.25, -0.2) is 0 Å². The van der Waals surface area contributed by atoms with Gasteiger partial charge in [0, 0.05) is 44.9 Å². The zero-order valence-corrected chi connectivity index (χ0v) is 16.8. The molecule has 1 aliphatic heterocycles. The molecule has 0 aliphatic carbocycles. The van der Waals surface area contributed by atoms with Gasteiger partial charge in [-0.15, -0.1) is 0 Å². The van der Waals surface area contributed by atoms with E-state index in [-0.39, 0.29) is 11.8 Å². The Balaban J connectivity index is 1.92. The molecule has 0 spiro atoms. The second kappa shape index (κ2) is 9.49. The molecule has 0 N–H and O–H groups in total. The standard InChI is InChI=1S/C23H29N3O2/c1-3-7-22(27)26-16-15-25(14-4-2)23(28)21(26)17-19-8-5-6-9-20(19)18-10-12-24-13-11-18/h5-6,8-13,21H,3-4,7,14-17H2,1-2H3. The number of carbonyl (C=O) groups excluding carboxylic acids is 2. The van der Waals surface area contributed by atoms with Crippen molar-refractivity contribution in [1.82, 2.24) is 14.8 Å². The van der Waals surface area contributed by atoms with Crippen LogP contribution >= 0.6 is 0 Å². The zero-order chi connectivity index (χ0) is 19.9. The number of aromatic nitrogens is 1. The van der Waals surface area contributed by atoms with Crippen molar-refractivity contribution in [2.75, 3.05) is 19.6 Å². The van der Waals surface area contributed by atoms with E-state index in [9.17, 15) is 9.59 Å². The molecule has 1 aromatic carbocycles. The summed E-state index contributed by atoms with van der Waals surface area (Å²) < 4.78 is 0. The minimum atomic E-state index is -0.428. The molecular formula is C23H29N3O2. The Morgan fingerprint density at radius 2 is 1.82 bits per heavy atom. The Hall–Kier alpha value is -2.69. The Labute approximate surface area is 167 Å². The van der Waals surface area contributed by atoms with Crippen molar-refractivity contribution in [1.29, 1.82) is 0 Å². The maximum Gasteiger partial charge on any atom is 0.245 e. The van der Waals surface area contributed by atoms with Crippen LogP contribution in [-0.2, 0) is 16.0 Å². The average Bonchev–Trinajstić information content (AvgIpc) is 2.72. The summed E-state index contributed by atoms with van der Waals surface area (Å²) in [6.45, 7) is 6.07. The van der Waals surface area contributed by atoms with Gasteiger partial charge in [0.2, 0.25) is 11.8 Å². The van der Waals surface area contributed by atoms with Crippen molar-refractivity contribution in [3.05, 3.63) is 54.4 Å². The lowest BCUT2D eigenvalue weighted by Crippen LogP contribution is -2.59. The van der Waals surface area contributed by atoms with Gasteiger partial charge in [-0.3, -0.25) is 14.6 Å². The summed E-state index contributed by atoms with van der Waals surface area (Å²) in [6, 6.07) is 11.7. The van der Waals surface area contributed by atoms with E-state index in [1.54, 1.807) is 17.3 Å². The van der Waals surface area contributed by atoms with Crippen LogP contribution < -0.4 is 0 Å². The molecule has 5 heteroatoms. The molecule has 1 aromatic heterocycles. The van der Waals surface area contributed by atoms with Crippen LogP contribution in [-0.4, -0.2) is 52.3 Å². The highest BCUT2D eigenvalue weighted by molar-refractivity contribution is 5.89. The quantitative estimate of drug-likeness (QED) is 0.739. The van der Waals surface area contributed by atoms with Crippen LogP contribution in [0.5, 0.6) is 0 Å². The van der Waals surface area contributed by atoms with E-state index < -0.39 is 6.04 Å². The maximum atomic E-state index is 13.2. The zero-order valence-electron chi connectivity index (χ0n) is 16.8. The monoisotopic (exact) mass is 379 g/mol. The first kappa shape index (κ1) is 20.1. The number of carbonyl (C=O) groups is 2. The molecular weight excluding hydrogens is 350 g/mol. The minimum Gasteiger partial charge on any atom is -0.339 e. The molecule has 2 aromatic rings. The van der Waals surface area contributed by atoms with Crippen molar-refractivity contribution in [2.24, 2.45) is 0 Å². The van der Waals surface area contributed by atoms with Crippen molar-refractivity contribution >= 4 is 11.8 Å². The van der Waals surface area contributed by atoms with Crippen LogP contribution in [0.25, 0.3) is 11.1 Å². The van der Waals surface area contributed by atoms with E-state index in [1.165, 1.54) is 0 Å². The molecule has 1 aliphatic rings. The summed E-state index contributed by atoms with van der Waals surface area (Å²) in [4.78, 5) is 33.7. The average molecular weight is 380 g/mol. The first-order chi connectivity index (χ1) is 13.7. The minimum absolute atomic E-state index is 0.0714. The molecule has 0 radical (unpaired) electrons. The lowest BCUT2D eigenvalue weighted by atomic mass is 9.93. The third kappa shape index (κ3) is 4.41. The molecule has 1 saturated heterocycles. The summed E-state index contributed by atoms with van der Waals surface area (Å²) >= 11 is 0. The molecule has 0 saturated carbocycles. The Morgan fingerprint density at radius 3 is 2.54 bits per heavy atom. The molecule has 1 unspecified atom stereocenters. The van der Waals surface area contributed by atoms with Crippen LogP contribution in [0.15, 0.2) is 48.8 Å². The van der Waals surface area contributed by atoms with E-state index in [0.29, 0.717) is 25.9 Å². The number of amides is 2. The SMILES string of the molecule is CCCC(=O)N1CCN(CCC)C(=O)C1Cc1ccccc1-c1ccncc1. The summed E-state index contributed by atoms with van der Waals surface area (Å²) in [5.74, 6) is 0.153. The lowest BCUT2D eigenvalue weighted by molar-refractivity contribution is -0.151. The molecule has 2 heterocycles. The van der Waals surface area contributed by atoms with E-state index in [4.69, 9.17) is 0 Å². The number of nitrogens with zero attached hydrogens (tertiary/aromatic N) is 3. The van der Waals surface area contributed by atoms with Crippen LogP contribution in [0.3, 0.4) is 0 Å². The highest BCUT2D eigenvalue weighted by atomic mass is 16.2. The van der Waals surface area contributed by atoms with Gasteiger partial charge in [-0.1, -0.05) is 38.1 Å². The van der Waals surface area contributed by atoms with Gasteiger partial charge >= 0.3 is 0 Å². The fourth-order valence-corrected chi connectivity index (χ4v) is 3.90. The Morgan fingerprint density at radius 1 is 1.07 bits per heavy atom. The predicted octanol–water partition coefficient (Wildman–Crippen LogP) is 3.54. The molecule has 3 rings (SSSR count). The first-order valence-corrected chi connectivity index (χ1v) is 10.2. The number of pyridine rings is 1. The molecule has 1 atom stereocenters. The molecule has 2 amide bonds. The van der Waals surface area contributed by atoms with Gasteiger partial charge in [0.05, 0.1) is 0 Å². The van der Waals surface area contributed by atoms with Gasteiger partial charge < -0.3 is 9.80 Å². The molecule has 5 nitrogen and oxygen atoms in total. The highest BCUT2D eigenvalue weighted by Crippen LogP contribution is 2.27. The normalized spacial score (nSPS) is 17.1. The number of hydrogen-bond donors (Lipinski definition) is 0. The van der Waals surface area contributed by atoms with Gasteiger partial charge in [-0.2, -0.15) is 0 Å². The number of rotatable bonds is 7. The van der Waals surface area contributed by atoms with Crippen molar-refractivity contribution < 1.29 is 9.59 Å². The summed E-state index contributed by atoms with van der Waals surface area (Å²) in [5, 5.41) is 0. The molecule has 0 bridgehead atoms. The maximum absolute atomic E-state index is 13.2. The topological polar surface area (TPSA) is 53.5 Å². The highest BCUT2D eigenvalue weighted by Gasteiger charge is 2.37. The van der Waals surface area contributed by atoms with Gasteiger partial charge in [0.1, 0.15) is 6.04 Å². The third-order valence-electron chi connectivity index (χ3n) is 5.28. The fraction of sp³-hybridized carbons (Fsp3) is 0.435. The van der Waals surface area contributed by atoms with Crippen LogP contribution in [0.1, 0.15) is 38.7 Å². The molecule has 148 valence electrons. The molecule has 1 fully saturated rings. The number of benzene rings is 1. The largest absolute Gasteiger partial charge is 0.339 e. The lowest BCUT2D eigenvalue weighted by Gasteiger charge is -2.41. The predicted molar refractivity (Wildman–Crippen MR) is 111 cm³/mol. The summed E-state index contributed by atoms with van der Waals surface area (Å²) in [7, 11) is 0. The smallest absolute Gasteiger partial charge is 0.245 e. The van der Waals surface area contributed by atoms with E-state index in [2.05, 4.69) is 24.0 Å². The van der Waals surface area contributed by atoms with E-state index in [0.717, 1.165) is 36.1 Å². The Kier molecular flexibility index (Phi) is 6.80. The fourth-order valence-electron chi connectivity index (χ4n) is 3.90. The van der Waals surface area contributed by atoms with Crippen LogP contribution in [0, 0.1) is 0 Å². The molecule has 28 heavy (non-hydrogen) atoms. The second-order valence-corrected chi connectivity index (χ2v) is 7.28. The third-order valence-corrected chi connectivity index (χ3v) is 5.28. The number of hydrogen-bond acceptors (Lipinski definition) is 3. The Bertz CT molecular complexity index is 807. The van der Waals surface area contributed by atoms with Crippen molar-refractivity contribution in [3.63, 3.8) is 0 Å². The summed E-state index contributed by atoms with van der Waals surface area (Å²) in [6.07, 6.45) is 6.30. The van der Waals surface area contributed by atoms with Crippen molar-refractivity contribution in [3.8, 4) is 11.1 Å². The van der Waals surface area contributed by atoms with Crippen LogP contribution in [0.4, 0.5) is 0 Å². The van der Waals surface area contributed by atoms with Gasteiger partial charge in [0.25, 0.3) is 0 Å². The summed E-state index contributed by atoms with van der Waals surface area (Å²) in [5.41, 5.74) is 3.25. The first-order valence-electron chi connectivity index (χ1n) is 10.2. The van der Waals surface area contributed by atoms with E-state index >= 15 is 0 Å².